The third-order valence-corrected chi connectivity index (χ3v) is 8.69. The summed E-state index contributed by atoms with van der Waals surface area (Å²) in [4.78, 5) is 40.2. The van der Waals surface area contributed by atoms with Crippen molar-refractivity contribution in [3.8, 4) is 11.1 Å². The standard InChI is InChI=1S/C32H36ClN3O7S/c1-32(2,3)43-31(39)23-17-36-15-14-21(23)29(38)26-22(16-24(37)42-18-19-10-6-4-7-11-19)28(34)25(20-12-8-5-9-13-20)27(33)30(26)44(35,40)41/h4-13,21,23,36H,14-18,34H2,1-3H3,(H2,35,40,41). The number of sulfonamides is 1. The molecule has 2 unspecified atom stereocenters. The second-order valence-corrected chi connectivity index (χ2v) is 13.5. The van der Waals surface area contributed by atoms with Gasteiger partial charge >= 0.3 is 11.9 Å². The second-order valence-electron chi connectivity index (χ2n) is 11.6. The van der Waals surface area contributed by atoms with Gasteiger partial charge in [-0.3, -0.25) is 14.4 Å². The van der Waals surface area contributed by atoms with Crippen LogP contribution in [0.1, 0.15) is 48.7 Å². The van der Waals surface area contributed by atoms with Gasteiger partial charge in [0.25, 0.3) is 0 Å². The highest BCUT2D eigenvalue weighted by atomic mass is 35.5. The summed E-state index contributed by atoms with van der Waals surface area (Å²) in [5, 5.41) is 8.45. The molecule has 12 heteroatoms. The first-order valence-electron chi connectivity index (χ1n) is 14.1. The quantitative estimate of drug-likeness (QED) is 0.175. The number of esters is 2. The monoisotopic (exact) mass is 641 g/mol. The third kappa shape index (κ3) is 7.65. The molecule has 234 valence electrons. The van der Waals surface area contributed by atoms with Gasteiger partial charge in [-0.05, 0) is 50.4 Å². The number of nitrogens with two attached hydrogens (primary N) is 2. The van der Waals surface area contributed by atoms with Crippen LogP contribution in [-0.2, 0) is 42.1 Å². The van der Waals surface area contributed by atoms with Crippen molar-refractivity contribution in [2.45, 2.75) is 50.7 Å². The summed E-state index contributed by atoms with van der Waals surface area (Å²) in [7, 11) is -4.67. The Morgan fingerprint density at radius 1 is 1.00 bits per heavy atom. The number of carbonyl (C=O) groups excluding carboxylic acids is 3. The van der Waals surface area contributed by atoms with E-state index in [1.807, 2.05) is 6.07 Å². The average Bonchev–Trinajstić information content (AvgIpc) is 2.96. The normalized spacial score (nSPS) is 17.1. The Bertz CT molecular complexity index is 1660. The van der Waals surface area contributed by atoms with Crippen molar-refractivity contribution >= 4 is 45.0 Å². The lowest BCUT2D eigenvalue weighted by molar-refractivity contribution is -0.162. The number of carbonyl (C=O) groups is 3. The minimum atomic E-state index is -4.67. The minimum absolute atomic E-state index is 0.0565. The van der Waals surface area contributed by atoms with Crippen molar-refractivity contribution in [3.63, 3.8) is 0 Å². The van der Waals surface area contributed by atoms with E-state index >= 15 is 0 Å². The SMILES string of the molecule is CC(C)(C)OC(=O)C1CNCCC1C(=O)c1c(CC(=O)OCc2ccccc2)c(N)c(-c2ccccc2)c(Cl)c1S(N)(=O)=O. The molecule has 1 saturated heterocycles. The molecule has 3 aromatic carbocycles. The first-order valence-corrected chi connectivity index (χ1v) is 16.0. The zero-order valence-electron chi connectivity index (χ0n) is 24.8. The Balaban J connectivity index is 1.89. The number of benzene rings is 3. The van der Waals surface area contributed by atoms with E-state index < -0.39 is 62.1 Å². The van der Waals surface area contributed by atoms with Crippen molar-refractivity contribution in [2.75, 3.05) is 18.8 Å². The fourth-order valence-corrected chi connectivity index (χ4v) is 6.77. The van der Waals surface area contributed by atoms with Gasteiger partial charge in [0, 0.05) is 29.3 Å². The fraction of sp³-hybridized carbons (Fsp3) is 0.344. The average molecular weight is 642 g/mol. The maximum atomic E-state index is 14.5. The van der Waals surface area contributed by atoms with E-state index in [2.05, 4.69) is 5.32 Å². The molecule has 0 spiro atoms. The van der Waals surface area contributed by atoms with Crippen LogP contribution in [0.25, 0.3) is 11.1 Å². The number of Topliss-reactive ketones (excluding diaryl/α,β-unsaturated/α-hetero) is 1. The molecule has 3 aromatic rings. The fourth-order valence-electron chi connectivity index (χ4n) is 5.28. The number of ketones is 1. The van der Waals surface area contributed by atoms with Crippen LogP contribution in [0.4, 0.5) is 5.69 Å². The summed E-state index contributed by atoms with van der Waals surface area (Å²) in [6, 6.07) is 17.4. The molecule has 0 amide bonds. The van der Waals surface area contributed by atoms with Gasteiger partial charge in [0.1, 0.15) is 17.1 Å². The molecule has 0 radical (unpaired) electrons. The van der Waals surface area contributed by atoms with Crippen molar-refractivity contribution in [1.29, 1.82) is 0 Å². The molecule has 1 aliphatic rings. The molecular formula is C32H36ClN3O7S. The Morgan fingerprint density at radius 3 is 2.20 bits per heavy atom. The first-order chi connectivity index (χ1) is 20.7. The van der Waals surface area contributed by atoms with E-state index in [-0.39, 0.29) is 41.4 Å². The summed E-state index contributed by atoms with van der Waals surface area (Å²) in [6.07, 6.45) is -0.371. The number of hydrogen-bond acceptors (Lipinski definition) is 9. The molecule has 0 saturated carbocycles. The van der Waals surface area contributed by atoms with E-state index in [0.29, 0.717) is 12.1 Å². The van der Waals surface area contributed by atoms with Gasteiger partial charge in [-0.2, -0.15) is 0 Å². The van der Waals surface area contributed by atoms with Gasteiger partial charge in [-0.1, -0.05) is 72.3 Å². The van der Waals surface area contributed by atoms with Crippen LogP contribution in [0.15, 0.2) is 65.6 Å². The lowest BCUT2D eigenvalue weighted by Crippen LogP contribution is -2.46. The predicted octanol–water partition coefficient (Wildman–Crippen LogP) is 4.27. The van der Waals surface area contributed by atoms with Crippen molar-refractivity contribution in [3.05, 3.63) is 82.4 Å². The van der Waals surface area contributed by atoms with Gasteiger partial charge in [0.2, 0.25) is 10.0 Å². The van der Waals surface area contributed by atoms with E-state index in [9.17, 15) is 22.8 Å². The molecule has 5 N–H and O–H groups in total. The molecule has 10 nitrogen and oxygen atoms in total. The maximum absolute atomic E-state index is 14.5. The van der Waals surface area contributed by atoms with Crippen LogP contribution >= 0.6 is 11.6 Å². The van der Waals surface area contributed by atoms with E-state index in [0.717, 1.165) is 5.56 Å². The Hall–Kier alpha value is -3.77. The minimum Gasteiger partial charge on any atom is -0.461 e. The second kappa shape index (κ2) is 13.5. The number of ether oxygens (including phenoxy) is 2. The van der Waals surface area contributed by atoms with Crippen LogP contribution in [-0.4, -0.2) is 44.8 Å². The highest BCUT2D eigenvalue weighted by Crippen LogP contribution is 2.44. The molecule has 0 bridgehead atoms. The molecular weight excluding hydrogens is 606 g/mol. The summed E-state index contributed by atoms with van der Waals surface area (Å²) in [5.74, 6) is -4.07. The number of nitrogen functional groups attached to an aromatic ring is 1. The zero-order valence-corrected chi connectivity index (χ0v) is 26.3. The number of hydrogen-bond donors (Lipinski definition) is 3. The molecule has 4 rings (SSSR count). The number of piperidine rings is 1. The topological polar surface area (TPSA) is 168 Å². The number of halogens is 1. The maximum Gasteiger partial charge on any atom is 0.311 e. The largest absolute Gasteiger partial charge is 0.461 e. The van der Waals surface area contributed by atoms with Crippen LogP contribution in [0.5, 0.6) is 0 Å². The zero-order chi connectivity index (χ0) is 32.2. The van der Waals surface area contributed by atoms with Crippen molar-refractivity contribution in [1.82, 2.24) is 5.32 Å². The number of primary sulfonamides is 1. The van der Waals surface area contributed by atoms with Gasteiger partial charge in [0.15, 0.2) is 5.78 Å². The van der Waals surface area contributed by atoms with E-state index in [1.54, 1.807) is 75.4 Å². The van der Waals surface area contributed by atoms with Crippen LogP contribution < -0.4 is 16.2 Å². The smallest absolute Gasteiger partial charge is 0.311 e. The molecule has 44 heavy (non-hydrogen) atoms. The summed E-state index contributed by atoms with van der Waals surface area (Å²) < 4.78 is 37.4. The lowest BCUT2D eigenvalue weighted by atomic mass is 9.78. The third-order valence-electron chi connectivity index (χ3n) is 7.23. The van der Waals surface area contributed by atoms with Gasteiger partial charge in [-0.15, -0.1) is 0 Å². The summed E-state index contributed by atoms with van der Waals surface area (Å²) in [5.41, 5.74) is 6.51. The number of rotatable bonds is 9. The van der Waals surface area contributed by atoms with Gasteiger partial charge < -0.3 is 20.5 Å². The number of nitrogens with one attached hydrogen (secondary N) is 1. The molecule has 1 heterocycles. The molecule has 1 aliphatic heterocycles. The van der Waals surface area contributed by atoms with Crippen molar-refractivity contribution in [2.24, 2.45) is 17.0 Å². The highest BCUT2D eigenvalue weighted by Gasteiger charge is 2.42. The Kier molecular flexibility index (Phi) is 10.1. The van der Waals surface area contributed by atoms with Crippen LogP contribution in [0, 0.1) is 11.8 Å². The highest BCUT2D eigenvalue weighted by molar-refractivity contribution is 7.89. The molecule has 1 fully saturated rings. The predicted molar refractivity (Wildman–Crippen MR) is 167 cm³/mol. The number of anilines is 1. The van der Waals surface area contributed by atoms with Crippen LogP contribution in [0.3, 0.4) is 0 Å². The summed E-state index contributed by atoms with van der Waals surface area (Å²) >= 11 is 6.75. The summed E-state index contributed by atoms with van der Waals surface area (Å²) in [6.45, 7) is 5.56. The van der Waals surface area contributed by atoms with Crippen molar-refractivity contribution < 1.29 is 32.3 Å². The molecule has 0 aliphatic carbocycles. The molecule has 2 atom stereocenters. The first kappa shape index (κ1) is 33.1. The van der Waals surface area contributed by atoms with E-state index in [1.165, 1.54) is 0 Å². The van der Waals surface area contributed by atoms with Gasteiger partial charge in [0.05, 0.1) is 17.4 Å². The Morgan fingerprint density at radius 2 is 1.61 bits per heavy atom. The lowest BCUT2D eigenvalue weighted by Gasteiger charge is -2.33. The van der Waals surface area contributed by atoms with Gasteiger partial charge in [-0.25, -0.2) is 13.6 Å². The van der Waals surface area contributed by atoms with Crippen LogP contribution in [0.2, 0.25) is 5.02 Å². The molecule has 0 aromatic heterocycles. The van der Waals surface area contributed by atoms with E-state index in [4.69, 9.17) is 31.9 Å². The Labute approximate surface area is 262 Å².